The zero-order valence-electron chi connectivity index (χ0n) is 5.52. The van der Waals surface area contributed by atoms with Crippen LogP contribution in [-0.2, 0) is 4.79 Å². The van der Waals surface area contributed by atoms with Gasteiger partial charge in [0.25, 0.3) is 0 Å². The Hall–Kier alpha value is 0.0200. The zero-order valence-corrected chi connectivity index (χ0v) is 7.97. The van der Waals surface area contributed by atoms with E-state index < -0.39 is 0 Å². The van der Waals surface area contributed by atoms with Crippen LogP contribution in [0.2, 0.25) is 0 Å². The maximum Gasteiger partial charge on any atom is 0.142 e. The van der Waals surface area contributed by atoms with Gasteiger partial charge >= 0.3 is 0 Å². The monoisotopic (exact) mass is 204 g/mol. The van der Waals surface area contributed by atoms with Crippen molar-refractivity contribution in [3.63, 3.8) is 0 Å². The fraction of sp³-hybridized carbons (Fsp3) is 0.167. The summed E-state index contributed by atoms with van der Waals surface area (Å²) in [6, 6.07) is 0. The van der Waals surface area contributed by atoms with Crippen LogP contribution in [0.5, 0.6) is 0 Å². The summed E-state index contributed by atoms with van der Waals surface area (Å²) in [5.74, 6) is 0. The van der Waals surface area contributed by atoms with E-state index in [9.17, 15) is 4.79 Å². The Morgan fingerprint density at radius 3 is 1.70 bits per heavy atom. The van der Waals surface area contributed by atoms with Gasteiger partial charge in [0.1, 0.15) is 6.29 Å². The van der Waals surface area contributed by atoms with E-state index in [0.717, 1.165) is 6.29 Å². The Bertz CT molecular complexity index is 99.2. The minimum atomic E-state index is 0. The molecule has 0 saturated heterocycles. The van der Waals surface area contributed by atoms with Crippen LogP contribution in [0.25, 0.3) is 0 Å². The highest BCUT2D eigenvalue weighted by atomic mass is 35.5. The van der Waals surface area contributed by atoms with Gasteiger partial charge < -0.3 is 0 Å². The van der Waals surface area contributed by atoms with Crippen molar-refractivity contribution in [2.24, 2.45) is 0 Å². The van der Waals surface area contributed by atoms with Crippen molar-refractivity contribution in [3.05, 3.63) is 24.3 Å². The second-order valence-electron chi connectivity index (χ2n) is 1.05. The van der Waals surface area contributed by atoms with E-state index in [0.29, 0.717) is 0 Å². The fourth-order valence-corrected chi connectivity index (χ4v) is 0.221. The van der Waals surface area contributed by atoms with Crippen molar-refractivity contribution in [3.8, 4) is 0 Å². The van der Waals surface area contributed by atoms with Crippen molar-refractivity contribution in [2.45, 2.75) is 6.92 Å². The third-order valence-electron chi connectivity index (χ3n) is 0.493. The average Bonchev–Trinajstić information content (AvgIpc) is 1.69. The van der Waals surface area contributed by atoms with Crippen LogP contribution in [0.4, 0.5) is 0 Å². The molecular formula is C6H11Cl3O. The van der Waals surface area contributed by atoms with Crippen LogP contribution < -0.4 is 0 Å². The molecule has 0 amide bonds. The molecule has 0 aromatic carbocycles. The highest BCUT2D eigenvalue weighted by Gasteiger charge is 1.55. The molecule has 0 rings (SSSR count). The molecule has 4 heteroatoms. The zero-order chi connectivity index (χ0) is 5.54. The van der Waals surface area contributed by atoms with Gasteiger partial charge in [0.05, 0.1) is 0 Å². The fourth-order valence-electron chi connectivity index (χ4n) is 0.221. The van der Waals surface area contributed by atoms with Crippen LogP contribution in [0.1, 0.15) is 6.92 Å². The predicted molar refractivity (Wildman–Crippen MR) is 51.8 cm³/mol. The molecule has 0 radical (unpaired) electrons. The van der Waals surface area contributed by atoms with Crippen LogP contribution in [0.3, 0.4) is 0 Å². The normalized spacial score (nSPS) is 7.70. The Morgan fingerprint density at radius 2 is 1.40 bits per heavy atom. The van der Waals surface area contributed by atoms with Gasteiger partial charge in [-0.1, -0.05) is 18.2 Å². The number of rotatable bonds is 2. The lowest BCUT2D eigenvalue weighted by atomic mass is 10.5. The number of aldehydes is 1. The van der Waals surface area contributed by atoms with Gasteiger partial charge in [0, 0.05) is 0 Å². The molecule has 0 aliphatic carbocycles. The molecule has 0 saturated carbocycles. The van der Waals surface area contributed by atoms with Gasteiger partial charge in [-0.15, -0.1) is 37.2 Å². The van der Waals surface area contributed by atoms with Gasteiger partial charge in [-0.25, -0.2) is 0 Å². The number of carbonyl (C=O) groups is 1. The smallest absolute Gasteiger partial charge is 0.142 e. The second-order valence-corrected chi connectivity index (χ2v) is 1.05. The first-order chi connectivity index (χ1) is 3.41. The van der Waals surface area contributed by atoms with Crippen molar-refractivity contribution < 1.29 is 4.79 Å². The summed E-state index contributed by atoms with van der Waals surface area (Å²) in [5.41, 5.74) is 0. The summed E-state index contributed by atoms with van der Waals surface area (Å²) in [6.45, 7) is 1.90. The van der Waals surface area contributed by atoms with E-state index in [1.54, 1.807) is 12.2 Å². The topological polar surface area (TPSA) is 17.1 Å². The molecule has 62 valence electrons. The third-order valence-corrected chi connectivity index (χ3v) is 0.493. The molecule has 0 aromatic rings. The van der Waals surface area contributed by atoms with Crippen molar-refractivity contribution in [1.29, 1.82) is 0 Å². The lowest BCUT2D eigenvalue weighted by molar-refractivity contribution is -0.104. The second kappa shape index (κ2) is 23.0. The van der Waals surface area contributed by atoms with Gasteiger partial charge in [-0.2, -0.15) is 0 Å². The SMILES string of the molecule is CC=CC=CC=O.Cl.Cl.Cl. The van der Waals surface area contributed by atoms with E-state index in [1.165, 1.54) is 6.08 Å². The molecule has 0 fully saturated rings. The number of hydrogen-bond donors (Lipinski definition) is 0. The minimum absolute atomic E-state index is 0. The quantitative estimate of drug-likeness (QED) is 0.385. The van der Waals surface area contributed by atoms with E-state index in [1.807, 2.05) is 13.0 Å². The summed E-state index contributed by atoms with van der Waals surface area (Å²) < 4.78 is 0. The Labute approximate surface area is 79.8 Å². The first kappa shape index (κ1) is 22.5. The molecule has 1 nitrogen and oxygen atoms in total. The van der Waals surface area contributed by atoms with E-state index in [4.69, 9.17) is 0 Å². The maximum atomic E-state index is 9.56. The molecule has 0 spiro atoms. The number of halogens is 3. The Kier molecular flexibility index (Phi) is 51.8. The van der Waals surface area contributed by atoms with E-state index >= 15 is 0 Å². The molecule has 0 aliphatic heterocycles. The van der Waals surface area contributed by atoms with Crippen LogP contribution in [0, 0.1) is 0 Å². The summed E-state index contributed by atoms with van der Waals surface area (Å²) in [6.07, 6.45) is 7.54. The maximum absolute atomic E-state index is 9.56. The first-order valence-electron chi connectivity index (χ1n) is 2.15. The van der Waals surface area contributed by atoms with Crippen molar-refractivity contribution >= 4 is 43.5 Å². The highest BCUT2D eigenvalue weighted by molar-refractivity contribution is 5.86. The lowest BCUT2D eigenvalue weighted by Crippen LogP contribution is -1.53. The van der Waals surface area contributed by atoms with Gasteiger partial charge in [0.2, 0.25) is 0 Å². The van der Waals surface area contributed by atoms with Gasteiger partial charge in [0.15, 0.2) is 0 Å². The van der Waals surface area contributed by atoms with Crippen LogP contribution in [0.15, 0.2) is 24.3 Å². The molecule has 0 aliphatic rings. The molecule has 0 heterocycles. The van der Waals surface area contributed by atoms with E-state index in [2.05, 4.69) is 0 Å². The average molecular weight is 206 g/mol. The molecule has 0 unspecified atom stereocenters. The standard InChI is InChI=1S/C6H8O.3ClH/c1-2-3-4-5-6-7;;;/h2-6H,1H3;3*1H. The van der Waals surface area contributed by atoms with Gasteiger partial charge in [-0.05, 0) is 13.0 Å². The third kappa shape index (κ3) is 24.5. The predicted octanol–water partition coefficient (Wildman–Crippen LogP) is 2.58. The molecule has 0 bridgehead atoms. The van der Waals surface area contributed by atoms with Crippen molar-refractivity contribution in [2.75, 3.05) is 0 Å². The largest absolute Gasteiger partial charge is 0.299 e. The summed E-state index contributed by atoms with van der Waals surface area (Å²) in [7, 11) is 0. The lowest BCUT2D eigenvalue weighted by Gasteiger charge is -1.62. The summed E-state index contributed by atoms with van der Waals surface area (Å²) >= 11 is 0. The Morgan fingerprint density at radius 1 is 0.900 bits per heavy atom. The van der Waals surface area contributed by atoms with Crippen molar-refractivity contribution in [1.82, 2.24) is 0 Å². The number of allylic oxidation sites excluding steroid dienone is 4. The van der Waals surface area contributed by atoms with Crippen LogP contribution >= 0.6 is 37.2 Å². The highest BCUT2D eigenvalue weighted by Crippen LogP contribution is 1.70. The Balaban J connectivity index is -0.0000000600. The van der Waals surface area contributed by atoms with E-state index in [-0.39, 0.29) is 37.2 Å². The summed E-state index contributed by atoms with van der Waals surface area (Å²) in [4.78, 5) is 9.56. The minimum Gasteiger partial charge on any atom is -0.299 e. The summed E-state index contributed by atoms with van der Waals surface area (Å²) in [5, 5.41) is 0. The van der Waals surface area contributed by atoms with Crippen LogP contribution in [-0.4, -0.2) is 6.29 Å². The molecule has 0 atom stereocenters. The molecule has 10 heavy (non-hydrogen) atoms. The molecule has 0 N–H and O–H groups in total. The molecular weight excluding hydrogens is 194 g/mol. The molecule has 0 aromatic heterocycles. The first-order valence-corrected chi connectivity index (χ1v) is 2.15. The number of hydrogen-bond acceptors (Lipinski definition) is 1. The van der Waals surface area contributed by atoms with Gasteiger partial charge in [-0.3, -0.25) is 4.79 Å². The number of carbonyl (C=O) groups excluding carboxylic acids is 1.